The molecule has 148 valence electrons. The lowest BCUT2D eigenvalue weighted by Gasteiger charge is -2.23. The molecule has 9 heteroatoms. The molecule has 1 aromatic carbocycles. The van der Waals surface area contributed by atoms with E-state index in [1.165, 1.54) is 0 Å². The van der Waals surface area contributed by atoms with Gasteiger partial charge in [0.15, 0.2) is 0 Å². The van der Waals surface area contributed by atoms with Gasteiger partial charge in [-0.1, -0.05) is 12.1 Å². The van der Waals surface area contributed by atoms with Crippen molar-refractivity contribution in [2.45, 2.75) is 20.1 Å². The van der Waals surface area contributed by atoms with Crippen LogP contribution < -0.4 is 10.5 Å². The van der Waals surface area contributed by atoms with E-state index in [0.717, 1.165) is 33.8 Å². The van der Waals surface area contributed by atoms with Gasteiger partial charge in [-0.2, -0.15) is 10.4 Å². The van der Waals surface area contributed by atoms with Crippen LogP contribution in [0.4, 0.5) is 5.82 Å². The smallest absolute Gasteiger partial charge is 0.290 e. The molecule has 3 aromatic rings. The summed E-state index contributed by atoms with van der Waals surface area (Å²) in [6, 6.07) is 9.81. The second-order valence-corrected chi connectivity index (χ2v) is 6.19. The van der Waals surface area contributed by atoms with E-state index in [2.05, 4.69) is 16.2 Å². The van der Waals surface area contributed by atoms with Crippen molar-refractivity contribution in [1.29, 1.82) is 5.26 Å². The first-order valence-corrected chi connectivity index (χ1v) is 8.73. The van der Waals surface area contributed by atoms with E-state index in [-0.39, 0.29) is 18.9 Å². The van der Waals surface area contributed by atoms with Crippen molar-refractivity contribution in [2.75, 3.05) is 12.3 Å². The number of nitrogen functional groups attached to an aromatic ring is 1. The molecule has 9 nitrogen and oxygen atoms in total. The van der Waals surface area contributed by atoms with Crippen LogP contribution in [0.5, 0.6) is 5.75 Å². The Kier molecular flexibility index (Phi) is 5.76. The maximum Gasteiger partial charge on any atom is 0.290 e. The average molecular weight is 393 g/mol. The number of nitrogens with zero attached hydrogens (tertiary/aromatic N) is 4. The van der Waals surface area contributed by atoms with Gasteiger partial charge in [-0.25, -0.2) is 4.98 Å². The normalized spacial score (nSPS) is 11.2. The largest absolute Gasteiger partial charge is 0.488 e. The fraction of sp³-hybridized carbons (Fsp3) is 0.200. The predicted octanol–water partition coefficient (Wildman–Crippen LogP) is 1.96. The van der Waals surface area contributed by atoms with E-state index < -0.39 is 0 Å². The number of hydrogen-bond donors (Lipinski definition) is 3. The zero-order valence-corrected chi connectivity index (χ0v) is 15.7. The maximum absolute atomic E-state index is 9.68. The maximum atomic E-state index is 9.68. The number of carboxylic acid groups (broad SMARTS) is 1. The lowest BCUT2D eigenvalue weighted by molar-refractivity contribution is -0.122. The zero-order valence-electron chi connectivity index (χ0n) is 15.7. The SMILES string of the molecule is Cc1nn(CCO)cc1-c1c(C#N)c(N)nc2c1COc1ccccc1-2.O=CO. The van der Waals surface area contributed by atoms with Gasteiger partial charge < -0.3 is 20.7 Å². The topological polar surface area (TPSA) is 147 Å². The van der Waals surface area contributed by atoms with Gasteiger partial charge in [-0.05, 0) is 19.1 Å². The predicted molar refractivity (Wildman–Crippen MR) is 105 cm³/mol. The summed E-state index contributed by atoms with van der Waals surface area (Å²) in [5.74, 6) is 0.933. The number of hydrogen-bond acceptors (Lipinski definition) is 7. The number of aromatic nitrogens is 3. The van der Waals surface area contributed by atoms with Gasteiger partial charge in [0.25, 0.3) is 6.47 Å². The van der Waals surface area contributed by atoms with Gasteiger partial charge in [0.2, 0.25) is 0 Å². The monoisotopic (exact) mass is 393 g/mol. The second kappa shape index (κ2) is 8.41. The first-order chi connectivity index (χ1) is 14.0. The Morgan fingerprint density at radius 3 is 2.79 bits per heavy atom. The molecule has 1 aliphatic rings. The number of ether oxygens (including phenoxy) is 1. The molecule has 0 spiro atoms. The Morgan fingerprint density at radius 2 is 2.10 bits per heavy atom. The third kappa shape index (κ3) is 3.61. The Bertz CT molecular complexity index is 1100. The molecule has 4 N–H and O–H groups in total. The Balaban J connectivity index is 0.000000755. The van der Waals surface area contributed by atoms with Crippen molar-refractivity contribution in [2.24, 2.45) is 0 Å². The summed E-state index contributed by atoms with van der Waals surface area (Å²) in [4.78, 5) is 12.9. The second-order valence-electron chi connectivity index (χ2n) is 6.19. The zero-order chi connectivity index (χ0) is 21.0. The van der Waals surface area contributed by atoms with Gasteiger partial charge in [0, 0.05) is 28.5 Å². The van der Waals surface area contributed by atoms with E-state index in [1.54, 1.807) is 4.68 Å². The number of nitriles is 1. The molecule has 0 amide bonds. The summed E-state index contributed by atoms with van der Waals surface area (Å²) in [6.45, 7) is 2.28. The van der Waals surface area contributed by atoms with E-state index in [9.17, 15) is 10.4 Å². The molecule has 0 radical (unpaired) electrons. The van der Waals surface area contributed by atoms with Crippen LogP contribution in [0.15, 0.2) is 30.5 Å². The standard InChI is InChI=1S/C19H17N5O2.CH2O2/c1-11-14(9-24(23-11)6-7-25)17-13(8-20)19(21)22-18-12-4-2-3-5-16(12)26-10-15(17)18;2-1-3/h2-5,9,25H,6-7,10H2,1H3,(H2,21,22);1H,(H,2,3). The number of nitrogens with two attached hydrogens (primary N) is 1. The summed E-state index contributed by atoms with van der Waals surface area (Å²) in [5, 5.41) is 30.2. The Labute approximate surface area is 166 Å². The molecule has 29 heavy (non-hydrogen) atoms. The van der Waals surface area contributed by atoms with Gasteiger partial charge in [0.1, 0.15) is 29.8 Å². The molecule has 0 bridgehead atoms. The first-order valence-electron chi connectivity index (χ1n) is 8.73. The van der Waals surface area contributed by atoms with Crippen LogP contribution in [0.2, 0.25) is 0 Å². The number of aliphatic hydroxyl groups is 1. The third-order valence-electron chi connectivity index (χ3n) is 4.50. The highest BCUT2D eigenvalue weighted by Gasteiger charge is 2.27. The number of aryl methyl sites for hydroxylation is 1. The van der Waals surface area contributed by atoms with Crippen molar-refractivity contribution >= 4 is 12.3 Å². The van der Waals surface area contributed by atoms with Crippen LogP contribution >= 0.6 is 0 Å². The number of anilines is 1. The van der Waals surface area contributed by atoms with Crippen molar-refractivity contribution < 1.29 is 19.7 Å². The lowest BCUT2D eigenvalue weighted by atomic mass is 9.91. The quantitative estimate of drug-likeness (QED) is 0.572. The summed E-state index contributed by atoms with van der Waals surface area (Å²) in [6.07, 6.45) is 1.82. The Hall–Kier alpha value is -3.90. The molecule has 3 heterocycles. The van der Waals surface area contributed by atoms with Gasteiger partial charge in [-0.15, -0.1) is 0 Å². The highest BCUT2D eigenvalue weighted by molar-refractivity contribution is 5.87. The average Bonchev–Trinajstić information content (AvgIpc) is 3.07. The molecular formula is C20H19N5O4. The van der Waals surface area contributed by atoms with Crippen LogP contribution in [-0.4, -0.2) is 38.1 Å². The number of rotatable bonds is 3. The Morgan fingerprint density at radius 1 is 1.38 bits per heavy atom. The van der Waals surface area contributed by atoms with Crippen LogP contribution in [0.25, 0.3) is 22.4 Å². The number of benzene rings is 1. The number of carbonyl (C=O) groups is 1. The highest BCUT2D eigenvalue weighted by Crippen LogP contribution is 2.43. The number of fused-ring (bicyclic) bond motifs is 3. The molecule has 0 saturated carbocycles. The number of aliphatic hydroxyl groups excluding tert-OH is 1. The summed E-state index contributed by atoms with van der Waals surface area (Å²) >= 11 is 0. The number of pyridine rings is 1. The van der Waals surface area contributed by atoms with Crippen LogP contribution in [0.3, 0.4) is 0 Å². The van der Waals surface area contributed by atoms with E-state index in [1.807, 2.05) is 37.4 Å². The number of para-hydroxylation sites is 1. The molecule has 0 atom stereocenters. The lowest BCUT2D eigenvalue weighted by Crippen LogP contribution is -2.12. The molecule has 0 unspecified atom stereocenters. The molecule has 2 aromatic heterocycles. The van der Waals surface area contributed by atoms with E-state index in [0.29, 0.717) is 24.3 Å². The molecule has 1 aliphatic heterocycles. The third-order valence-corrected chi connectivity index (χ3v) is 4.50. The fourth-order valence-corrected chi connectivity index (χ4v) is 3.33. The summed E-state index contributed by atoms with van der Waals surface area (Å²) in [5.41, 5.74) is 11.1. The van der Waals surface area contributed by atoms with Gasteiger partial charge >= 0.3 is 0 Å². The molecule has 4 rings (SSSR count). The van der Waals surface area contributed by atoms with E-state index in [4.69, 9.17) is 20.4 Å². The molecule has 0 saturated heterocycles. The van der Waals surface area contributed by atoms with Crippen LogP contribution in [0, 0.1) is 18.3 Å². The first kappa shape index (κ1) is 19.9. The molecule has 0 aliphatic carbocycles. The minimum absolute atomic E-state index is 0.0151. The van der Waals surface area contributed by atoms with E-state index >= 15 is 0 Å². The fourth-order valence-electron chi connectivity index (χ4n) is 3.33. The van der Waals surface area contributed by atoms with Crippen molar-refractivity contribution in [3.05, 3.63) is 47.3 Å². The summed E-state index contributed by atoms with van der Waals surface area (Å²) < 4.78 is 7.55. The molecular weight excluding hydrogens is 374 g/mol. The minimum atomic E-state index is -0.250. The van der Waals surface area contributed by atoms with Gasteiger partial charge in [-0.3, -0.25) is 9.48 Å². The highest BCUT2D eigenvalue weighted by atomic mass is 16.5. The van der Waals surface area contributed by atoms with Crippen molar-refractivity contribution in [1.82, 2.24) is 14.8 Å². The van der Waals surface area contributed by atoms with Crippen LogP contribution in [-0.2, 0) is 17.9 Å². The van der Waals surface area contributed by atoms with Crippen molar-refractivity contribution in [3.63, 3.8) is 0 Å². The summed E-state index contributed by atoms with van der Waals surface area (Å²) in [7, 11) is 0. The molecule has 0 fully saturated rings. The van der Waals surface area contributed by atoms with Gasteiger partial charge in [0.05, 0.1) is 24.5 Å². The van der Waals surface area contributed by atoms with Crippen LogP contribution in [0.1, 0.15) is 16.8 Å². The minimum Gasteiger partial charge on any atom is -0.488 e. The van der Waals surface area contributed by atoms with Crippen molar-refractivity contribution in [3.8, 4) is 34.2 Å².